The largest absolute Gasteiger partial charge is 0.355 e. The summed E-state index contributed by atoms with van der Waals surface area (Å²) in [6.45, 7) is 2.60. The highest BCUT2D eigenvalue weighted by Crippen LogP contribution is 2.08. The second-order valence-corrected chi connectivity index (χ2v) is 4.92. The minimum atomic E-state index is 0.00183. The monoisotopic (exact) mass is 261 g/mol. The molecule has 5 heteroatoms. The SMILES string of the molecule is Cc1csc(CCNC(=O)Cc2ccccn2)n1. The van der Waals surface area contributed by atoms with E-state index in [1.54, 1.807) is 17.5 Å². The number of amides is 1. The van der Waals surface area contributed by atoms with E-state index in [0.29, 0.717) is 13.0 Å². The Balaban J connectivity index is 1.72. The molecule has 0 fully saturated rings. The zero-order valence-corrected chi connectivity index (χ0v) is 11.0. The lowest BCUT2D eigenvalue weighted by molar-refractivity contribution is -0.120. The van der Waals surface area contributed by atoms with E-state index in [4.69, 9.17) is 0 Å². The van der Waals surface area contributed by atoms with Crippen LogP contribution in [0.15, 0.2) is 29.8 Å². The maximum absolute atomic E-state index is 11.6. The molecule has 0 aromatic carbocycles. The van der Waals surface area contributed by atoms with Crippen molar-refractivity contribution in [2.75, 3.05) is 6.54 Å². The van der Waals surface area contributed by atoms with Gasteiger partial charge in [0.15, 0.2) is 0 Å². The number of thiazole rings is 1. The van der Waals surface area contributed by atoms with E-state index in [1.807, 2.05) is 30.5 Å². The van der Waals surface area contributed by atoms with Gasteiger partial charge in [-0.2, -0.15) is 0 Å². The number of hydrogen-bond acceptors (Lipinski definition) is 4. The molecule has 94 valence electrons. The first kappa shape index (κ1) is 12.7. The van der Waals surface area contributed by atoms with Crippen molar-refractivity contribution in [3.63, 3.8) is 0 Å². The highest BCUT2D eigenvalue weighted by molar-refractivity contribution is 7.09. The van der Waals surface area contributed by atoms with E-state index < -0.39 is 0 Å². The van der Waals surface area contributed by atoms with Crippen LogP contribution in [-0.4, -0.2) is 22.4 Å². The Morgan fingerprint density at radius 2 is 2.33 bits per heavy atom. The topological polar surface area (TPSA) is 54.9 Å². The maximum atomic E-state index is 11.6. The first-order valence-corrected chi connectivity index (χ1v) is 6.69. The number of carbonyl (C=O) groups excluding carboxylic acids is 1. The van der Waals surface area contributed by atoms with E-state index >= 15 is 0 Å². The fourth-order valence-electron chi connectivity index (χ4n) is 1.56. The summed E-state index contributed by atoms with van der Waals surface area (Å²) in [5.74, 6) is 0.00183. The van der Waals surface area contributed by atoms with Gasteiger partial charge in [0.1, 0.15) is 0 Å². The van der Waals surface area contributed by atoms with Crippen LogP contribution in [0.2, 0.25) is 0 Å². The third-order valence-corrected chi connectivity index (χ3v) is 3.42. The Bertz CT molecular complexity index is 510. The van der Waals surface area contributed by atoms with E-state index in [-0.39, 0.29) is 5.91 Å². The molecule has 0 aliphatic rings. The van der Waals surface area contributed by atoms with Crippen LogP contribution in [0.3, 0.4) is 0 Å². The predicted octanol–water partition coefficient (Wildman–Crippen LogP) is 1.75. The summed E-state index contributed by atoms with van der Waals surface area (Å²) >= 11 is 1.63. The van der Waals surface area contributed by atoms with E-state index in [1.165, 1.54) is 0 Å². The Hall–Kier alpha value is -1.75. The second kappa shape index (κ2) is 6.26. The molecule has 0 bridgehead atoms. The van der Waals surface area contributed by atoms with Gasteiger partial charge >= 0.3 is 0 Å². The molecule has 0 unspecified atom stereocenters. The van der Waals surface area contributed by atoms with Crippen molar-refractivity contribution in [3.8, 4) is 0 Å². The average Bonchev–Trinajstić information content (AvgIpc) is 2.76. The normalized spacial score (nSPS) is 10.3. The maximum Gasteiger partial charge on any atom is 0.226 e. The highest BCUT2D eigenvalue weighted by Gasteiger charge is 2.04. The van der Waals surface area contributed by atoms with Gasteiger partial charge in [0.05, 0.1) is 11.4 Å². The molecule has 0 atom stereocenters. The molecule has 4 nitrogen and oxygen atoms in total. The van der Waals surface area contributed by atoms with Crippen molar-refractivity contribution >= 4 is 17.2 Å². The quantitative estimate of drug-likeness (QED) is 0.892. The fraction of sp³-hybridized carbons (Fsp3) is 0.308. The van der Waals surface area contributed by atoms with Crippen molar-refractivity contribution in [2.24, 2.45) is 0 Å². The third kappa shape index (κ3) is 3.92. The molecule has 0 aliphatic heterocycles. The Kier molecular flexibility index (Phi) is 4.41. The van der Waals surface area contributed by atoms with E-state index in [9.17, 15) is 4.79 Å². The van der Waals surface area contributed by atoms with Crippen LogP contribution in [0.5, 0.6) is 0 Å². The van der Waals surface area contributed by atoms with E-state index in [2.05, 4.69) is 15.3 Å². The summed E-state index contributed by atoms with van der Waals surface area (Å²) in [6, 6.07) is 5.57. The lowest BCUT2D eigenvalue weighted by Gasteiger charge is -2.03. The molecule has 0 saturated carbocycles. The smallest absolute Gasteiger partial charge is 0.226 e. The van der Waals surface area contributed by atoms with Crippen LogP contribution in [0.4, 0.5) is 0 Å². The zero-order valence-electron chi connectivity index (χ0n) is 10.2. The van der Waals surface area contributed by atoms with Gasteiger partial charge in [-0.25, -0.2) is 4.98 Å². The molecular weight excluding hydrogens is 246 g/mol. The Morgan fingerprint density at radius 3 is 3.00 bits per heavy atom. The molecule has 0 saturated heterocycles. The van der Waals surface area contributed by atoms with Gasteiger partial charge in [0, 0.05) is 35.9 Å². The summed E-state index contributed by atoms with van der Waals surface area (Å²) in [7, 11) is 0. The number of nitrogens with one attached hydrogen (secondary N) is 1. The number of rotatable bonds is 5. The number of hydrogen-bond donors (Lipinski definition) is 1. The zero-order chi connectivity index (χ0) is 12.8. The summed E-state index contributed by atoms with van der Waals surface area (Å²) in [6.07, 6.45) is 2.81. The lowest BCUT2D eigenvalue weighted by atomic mass is 10.2. The third-order valence-electron chi connectivity index (χ3n) is 2.40. The van der Waals surface area contributed by atoms with Crippen LogP contribution < -0.4 is 5.32 Å². The van der Waals surface area contributed by atoms with Crippen LogP contribution in [-0.2, 0) is 17.6 Å². The van der Waals surface area contributed by atoms with Crippen molar-refractivity contribution < 1.29 is 4.79 Å². The minimum absolute atomic E-state index is 0.00183. The van der Waals surface area contributed by atoms with Gasteiger partial charge in [0.2, 0.25) is 5.91 Å². The van der Waals surface area contributed by atoms with Gasteiger partial charge in [-0.1, -0.05) is 6.07 Å². The molecule has 1 N–H and O–H groups in total. The molecule has 2 rings (SSSR count). The summed E-state index contributed by atoms with van der Waals surface area (Å²) < 4.78 is 0. The summed E-state index contributed by atoms with van der Waals surface area (Å²) in [5, 5.41) is 5.96. The average molecular weight is 261 g/mol. The molecule has 1 amide bonds. The van der Waals surface area contributed by atoms with E-state index in [0.717, 1.165) is 22.8 Å². The molecule has 2 heterocycles. The standard InChI is InChI=1S/C13H15N3OS/c1-10-9-18-13(16-10)5-7-15-12(17)8-11-4-2-3-6-14-11/h2-4,6,9H,5,7-8H2,1H3,(H,15,17). The predicted molar refractivity (Wildman–Crippen MR) is 71.5 cm³/mol. The van der Waals surface area contributed by atoms with Crippen LogP contribution >= 0.6 is 11.3 Å². The fourth-order valence-corrected chi connectivity index (χ4v) is 2.33. The van der Waals surface area contributed by atoms with Crippen LogP contribution in [0.1, 0.15) is 16.4 Å². The Morgan fingerprint density at radius 1 is 1.44 bits per heavy atom. The lowest BCUT2D eigenvalue weighted by Crippen LogP contribution is -2.27. The second-order valence-electron chi connectivity index (χ2n) is 3.98. The number of nitrogens with zero attached hydrogens (tertiary/aromatic N) is 2. The first-order valence-electron chi connectivity index (χ1n) is 5.81. The van der Waals surface area contributed by atoms with Gasteiger partial charge in [-0.05, 0) is 19.1 Å². The van der Waals surface area contributed by atoms with Crippen LogP contribution in [0.25, 0.3) is 0 Å². The van der Waals surface area contributed by atoms with Gasteiger partial charge in [0.25, 0.3) is 0 Å². The highest BCUT2D eigenvalue weighted by atomic mass is 32.1. The van der Waals surface area contributed by atoms with Crippen molar-refractivity contribution in [3.05, 3.63) is 46.2 Å². The van der Waals surface area contributed by atoms with Gasteiger partial charge in [-0.3, -0.25) is 9.78 Å². The number of aryl methyl sites for hydroxylation is 1. The Labute approximate surface area is 110 Å². The molecule has 0 aliphatic carbocycles. The molecule has 0 spiro atoms. The molecule has 2 aromatic heterocycles. The molecule has 0 radical (unpaired) electrons. The number of pyridine rings is 1. The minimum Gasteiger partial charge on any atom is -0.355 e. The molecule has 2 aromatic rings. The number of carbonyl (C=O) groups is 1. The first-order chi connectivity index (χ1) is 8.74. The van der Waals surface area contributed by atoms with Crippen molar-refractivity contribution in [1.29, 1.82) is 0 Å². The van der Waals surface area contributed by atoms with Crippen molar-refractivity contribution in [2.45, 2.75) is 19.8 Å². The van der Waals surface area contributed by atoms with Gasteiger partial charge in [-0.15, -0.1) is 11.3 Å². The summed E-state index contributed by atoms with van der Waals surface area (Å²) in [4.78, 5) is 20.1. The molecule has 18 heavy (non-hydrogen) atoms. The number of aromatic nitrogens is 2. The van der Waals surface area contributed by atoms with Crippen molar-refractivity contribution in [1.82, 2.24) is 15.3 Å². The summed E-state index contributed by atoms with van der Waals surface area (Å²) in [5.41, 5.74) is 1.83. The van der Waals surface area contributed by atoms with Crippen LogP contribution in [0, 0.1) is 6.92 Å². The molecular formula is C13H15N3OS. The van der Waals surface area contributed by atoms with Gasteiger partial charge < -0.3 is 5.32 Å².